The molecule has 4 rings (SSSR count). The van der Waals surface area contributed by atoms with E-state index in [4.69, 9.17) is 16.3 Å². The maximum atomic E-state index is 13.9. The molecule has 2 unspecified atom stereocenters. The molecule has 0 amide bonds. The van der Waals surface area contributed by atoms with E-state index >= 15 is 0 Å². The van der Waals surface area contributed by atoms with Gasteiger partial charge in [0, 0.05) is 31.0 Å². The summed E-state index contributed by atoms with van der Waals surface area (Å²) in [5.74, 6) is 0.284. The first-order chi connectivity index (χ1) is 13.8. The zero-order valence-electron chi connectivity index (χ0n) is 15.6. The van der Waals surface area contributed by atoms with E-state index in [-0.39, 0.29) is 35.8 Å². The topological polar surface area (TPSA) is 63.5 Å². The van der Waals surface area contributed by atoms with E-state index in [1.54, 1.807) is 0 Å². The zero-order chi connectivity index (χ0) is 20.8. The molecule has 0 N–H and O–H groups in total. The third-order valence-electron chi connectivity index (χ3n) is 5.16. The highest BCUT2D eigenvalue weighted by atomic mass is 35.5. The lowest BCUT2D eigenvalue weighted by Gasteiger charge is -2.40. The average molecular weight is 430 g/mol. The van der Waals surface area contributed by atoms with Gasteiger partial charge in [0.1, 0.15) is 17.0 Å². The zero-order valence-corrected chi connectivity index (χ0v) is 16.3. The summed E-state index contributed by atoms with van der Waals surface area (Å²) in [7, 11) is 0. The summed E-state index contributed by atoms with van der Waals surface area (Å²) in [6.07, 6.45) is -3.46. The third-order valence-corrected chi connectivity index (χ3v) is 5.36. The normalized spacial score (nSPS) is 22.5. The van der Waals surface area contributed by atoms with E-state index in [9.17, 15) is 18.0 Å². The van der Waals surface area contributed by atoms with Gasteiger partial charge in [-0.25, -0.2) is 4.98 Å². The molecule has 2 aliphatic rings. The van der Waals surface area contributed by atoms with Crippen LogP contribution in [0.3, 0.4) is 0 Å². The van der Waals surface area contributed by atoms with Crippen molar-refractivity contribution >= 4 is 29.1 Å². The summed E-state index contributed by atoms with van der Waals surface area (Å²) in [5.41, 5.74) is -0.214. The minimum absolute atomic E-state index is 0.0514. The van der Waals surface area contributed by atoms with Crippen LogP contribution < -0.4 is 15.4 Å². The highest BCUT2D eigenvalue weighted by Crippen LogP contribution is 2.39. The molecular formula is C18H19ClF3N5O2. The predicted octanol–water partition coefficient (Wildman–Crippen LogP) is 2.99. The van der Waals surface area contributed by atoms with Crippen LogP contribution in [0, 0.1) is 0 Å². The van der Waals surface area contributed by atoms with Gasteiger partial charge >= 0.3 is 6.18 Å². The highest BCUT2D eigenvalue weighted by molar-refractivity contribution is 6.29. The van der Waals surface area contributed by atoms with Crippen molar-refractivity contribution in [3.05, 3.63) is 39.9 Å². The molecule has 4 heterocycles. The maximum Gasteiger partial charge on any atom is 0.409 e. The Hall–Kier alpha value is -2.33. The molecule has 7 nitrogen and oxygen atoms in total. The number of halogens is 4. The standard InChI is InChI=1S/C18H19ClF3N5O2/c1-11-10-29-7-6-25(11)15-9-16(28)26-5-3-13(18(20,21)22)27(17(26)24-15)12-2-4-23-14(19)8-12/h2,4,8-9,11,13H,3,5-7,10H2,1H3. The van der Waals surface area contributed by atoms with E-state index < -0.39 is 17.8 Å². The van der Waals surface area contributed by atoms with Crippen LogP contribution in [0.2, 0.25) is 5.15 Å². The molecule has 0 radical (unpaired) electrons. The summed E-state index contributed by atoms with van der Waals surface area (Å²) in [6, 6.07) is 2.26. The molecule has 2 aliphatic heterocycles. The SMILES string of the molecule is CC1COCCN1c1cc(=O)n2c(n1)N(c1ccnc(Cl)c1)C(C(F)(F)F)CC2. The number of hydrogen-bond acceptors (Lipinski definition) is 6. The van der Waals surface area contributed by atoms with Crippen LogP contribution in [0.5, 0.6) is 0 Å². The summed E-state index contributed by atoms with van der Waals surface area (Å²) in [5, 5.41) is 0.0563. The number of fused-ring (bicyclic) bond motifs is 1. The summed E-state index contributed by atoms with van der Waals surface area (Å²) >= 11 is 5.93. The van der Waals surface area contributed by atoms with Crippen molar-refractivity contribution in [1.29, 1.82) is 0 Å². The van der Waals surface area contributed by atoms with Crippen LogP contribution in [0.25, 0.3) is 0 Å². The van der Waals surface area contributed by atoms with Gasteiger partial charge in [0.15, 0.2) is 0 Å². The number of anilines is 3. The minimum atomic E-state index is -4.51. The van der Waals surface area contributed by atoms with E-state index in [0.29, 0.717) is 25.6 Å². The second-order valence-electron chi connectivity index (χ2n) is 7.07. The second-order valence-corrected chi connectivity index (χ2v) is 7.46. The number of morpholine rings is 1. The Morgan fingerprint density at radius 3 is 2.76 bits per heavy atom. The Kier molecular flexibility index (Phi) is 5.16. The van der Waals surface area contributed by atoms with Crippen LogP contribution in [0.15, 0.2) is 29.2 Å². The van der Waals surface area contributed by atoms with Gasteiger partial charge in [-0.1, -0.05) is 11.6 Å². The molecule has 29 heavy (non-hydrogen) atoms. The first kappa shape index (κ1) is 20.0. The number of ether oxygens (including phenoxy) is 1. The van der Waals surface area contributed by atoms with Gasteiger partial charge in [0.05, 0.1) is 19.3 Å². The predicted molar refractivity (Wildman–Crippen MR) is 102 cm³/mol. The fraction of sp³-hybridized carbons (Fsp3) is 0.500. The van der Waals surface area contributed by atoms with Crippen LogP contribution in [-0.2, 0) is 11.3 Å². The Morgan fingerprint density at radius 1 is 1.28 bits per heavy atom. The van der Waals surface area contributed by atoms with Crippen molar-refractivity contribution in [3.8, 4) is 0 Å². The first-order valence-electron chi connectivity index (χ1n) is 9.19. The molecule has 11 heteroatoms. The number of pyridine rings is 1. The largest absolute Gasteiger partial charge is 0.409 e. The smallest absolute Gasteiger partial charge is 0.377 e. The monoisotopic (exact) mass is 429 g/mol. The van der Waals surface area contributed by atoms with Crippen molar-refractivity contribution in [3.63, 3.8) is 0 Å². The summed E-state index contributed by atoms with van der Waals surface area (Å²) in [6.45, 7) is 3.26. The quantitative estimate of drug-likeness (QED) is 0.684. The van der Waals surface area contributed by atoms with Gasteiger partial charge in [-0.2, -0.15) is 18.2 Å². The maximum absolute atomic E-state index is 13.9. The molecule has 1 saturated heterocycles. The Morgan fingerprint density at radius 2 is 2.07 bits per heavy atom. The summed E-state index contributed by atoms with van der Waals surface area (Å²) < 4.78 is 48.2. The second kappa shape index (κ2) is 7.49. The average Bonchev–Trinajstić information content (AvgIpc) is 2.66. The van der Waals surface area contributed by atoms with Crippen LogP contribution in [0.1, 0.15) is 13.3 Å². The Bertz CT molecular complexity index is 967. The first-order valence-corrected chi connectivity index (χ1v) is 9.57. The van der Waals surface area contributed by atoms with Crippen molar-refractivity contribution in [2.24, 2.45) is 0 Å². The van der Waals surface area contributed by atoms with E-state index in [2.05, 4.69) is 9.97 Å². The van der Waals surface area contributed by atoms with Crippen LogP contribution in [-0.4, -0.2) is 52.6 Å². The van der Waals surface area contributed by atoms with Crippen molar-refractivity contribution < 1.29 is 17.9 Å². The van der Waals surface area contributed by atoms with Crippen molar-refractivity contribution in [2.45, 2.75) is 38.1 Å². The lowest BCUT2D eigenvalue weighted by Crippen LogP contribution is -2.51. The van der Waals surface area contributed by atoms with Gasteiger partial charge < -0.3 is 9.64 Å². The number of aromatic nitrogens is 3. The molecule has 0 aliphatic carbocycles. The molecule has 0 aromatic carbocycles. The summed E-state index contributed by atoms with van der Waals surface area (Å²) in [4.78, 5) is 24.0. The molecule has 0 saturated carbocycles. The fourth-order valence-electron chi connectivity index (χ4n) is 3.76. The fourth-order valence-corrected chi connectivity index (χ4v) is 3.93. The molecule has 156 valence electrons. The van der Waals surface area contributed by atoms with Gasteiger partial charge in [-0.15, -0.1) is 0 Å². The van der Waals surface area contributed by atoms with Crippen LogP contribution >= 0.6 is 11.6 Å². The number of alkyl halides is 3. The van der Waals surface area contributed by atoms with Crippen molar-refractivity contribution in [2.75, 3.05) is 29.6 Å². The molecule has 2 atom stereocenters. The van der Waals surface area contributed by atoms with E-state index in [0.717, 1.165) is 4.90 Å². The number of rotatable bonds is 2. The van der Waals surface area contributed by atoms with Crippen molar-refractivity contribution in [1.82, 2.24) is 14.5 Å². The van der Waals surface area contributed by atoms with Gasteiger partial charge in [0.25, 0.3) is 5.56 Å². The Balaban J connectivity index is 1.87. The lowest BCUT2D eigenvalue weighted by atomic mass is 10.1. The lowest BCUT2D eigenvalue weighted by molar-refractivity contribution is -0.150. The van der Waals surface area contributed by atoms with Gasteiger partial charge in [-0.3, -0.25) is 14.3 Å². The van der Waals surface area contributed by atoms with Gasteiger partial charge in [0.2, 0.25) is 5.95 Å². The minimum Gasteiger partial charge on any atom is -0.377 e. The molecular weight excluding hydrogens is 411 g/mol. The molecule has 0 bridgehead atoms. The Labute approximate surface area is 169 Å². The molecule has 1 fully saturated rings. The van der Waals surface area contributed by atoms with E-state index in [1.807, 2.05) is 11.8 Å². The van der Waals surface area contributed by atoms with Gasteiger partial charge in [-0.05, 0) is 25.5 Å². The number of nitrogens with zero attached hydrogens (tertiary/aromatic N) is 5. The molecule has 2 aromatic heterocycles. The molecule has 2 aromatic rings. The number of hydrogen-bond donors (Lipinski definition) is 0. The van der Waals surface area contributed by atoms with Crippen LogP contribution in [0.4, 0.5) is 30.6 Å². The highest BCUT2D eigenvalue weighted by Gasteiger charge is 2.47. The van der Waals surface area contributed by atoms with E-state index in [1.165, 1.54) is 29.0 Å². The third kappa shape index (κ3) is 3.78. The molecule has 0 spiro atoms.